The van der Waals surface area contributed by atoms with Gasteiger partial charge in [0.15, 0.2) is 5.78 Å². The van der Waals surface area contributed by atoms with E-state index in [-0.39, 0.29) is 12.3 Å². The van der Waals surface area contributed by atoms with E-state index in [0.717, 1.165) is 11.1 Å². The Morgan fingerprint density at radius 3 is 2.52 bits per heavy atom. The van der Waals surface area contributed by atoms with E-state index in [9.17, 15) is 9.59 Å². The van der Waals surface area contributed by atoms with Crippen molar-refractivity contribution in [2.45, 2.75) is 27.3 Å². The second kappa shape index (κ2) is 6.80. The van der Waals surface area contributed by atoms with Gasteiger partial charge in [-0.25, -0.2) is 9.97 Å². The smallest absolute Gasteiger partial charge is 0.327 e. The molecule has 0 bridgehead atoms. The Morgan fingerprint density at radius 1 is 1.16 bits per heavy atom. The van der Waals surface area contributed by atoms with Crippen LogP contribution in [0.15, 0.2) is 30.6 Å². The van der Waals surface area contributed by atoms with Crippen LogP contribution in [0, 0.1) is 6.92 Å². The fraction of sp³-hybridized carbons (Fsp3) is 0.278. The molecule has 0 saturated heterocycles. The first-order valence-electron chi connectivity index (χ1n) is 7.95. The highest BCUT2D eigenvalue weighted by molar-refractivity contribution is 6.06. The van der Waals surface area contributed by atoms with Crippen LogP contribution in [-0.4, -0.2) is 38.1 Å². The Hall–Kier alpha value is -3.09. The van der Waals surface area contributed by atoms with Crippen molar-refractivity contribution in [3.63, 3.8) is 0 Å². The SMILES string of the molecule is CCOC(=O)Cn1nc(C(C)=O)c2cc(-c3cnc(C)nc3)ccc21. The van der Waals surface area contributed by atoms with Gasteiger partial charge in [-0.2, -0.15) is 5.10 Å². The van der Waals surface area contributed by atoms with Gasteiger partial charge < -0.3 is 4.74 Å². The zero-order valence-corrected chi connectivity index (χ0v) is 14.3. The number of aromatic nitrogens is 4. The van der Waals surface area contributed by atoms with Crippen LogP contribution in [0.2, 0.25) is 0 Å². The third-order valence-electron chi connectivity index (χ3n) is 3.78. The van der Waals surface area contributed by atoms with Gasteiger partial charge in [0.1, 0.15) is 18.1 Å². The minimum absolute atomic E-state index is 0.0371. The van der Waals surface area contributed by atoms with Gasteiger partial charge in [0.25, 0.3) is 0 Å². The summed E-state index contributed by atoms with van der Waals surface area (Å²) in [6.45, 7) is 5.29. The Morgan fingerprint density at radius 2 is 1.88 bits per heavy atom. The summed E-state index contributed by atoms with van der Waals surface area (Å²) in [5, 5.41) is 4.98. The number of nitrogens with zero attached hydrogens (tertiary/aromatic N) is 4. The molecule has 0 fully saturated rings. The summed E-state index contributed by atoms with van der Waals surface area (Å²) >= 11 is 0. The van der Waals surface area contributed by atoms with E-state index in [4.69, 9.17) is 4.74 Å². The molecule has 2 aromatic heterocycles. The number of Topliss-reactive ketones (excluding diaryl/α,β-unsaturated/α-hetero) is 1. The number of ketones is 1. The molecule has 128 valence electrons. The van der Waals surface area contributed by atoms with Gasteiger partial charge in [-0.3, -0.25) is 14.3 Å². The van der Waals surface area contributed by atoms with Crippen LogP contribution >= 0.6 is 0 Å². The summed E-state index contributed by atoms with van der Waals surface area (Å²) < 4.78 is 6.47. The molecule has 0 aliphatic carbocycles. The number of aryl methyl sites for hydroxylation is 1. The fourth-order valence-electron chi connectivity index (χ4n) is 2.61. The van der Waals surface area contributed by atoms with Gasteiger partial charge in [0.05, 0.1) is 12.1 Å². The van der Waals surface area contributed by atoms with Gasteiger partial charge >= 0.3 is 5.97 Å². The highest BCUT2D eigenvalue weighted by Crippen LogP contribution is 2.26. The van der Waals surface area contributed by atoms with Gasteiger partial charge in [0.2, 0.25) is 0 Å². The monoisotopic (exact) mass is 338 g/mol. The number of hydrogen-bond donors (Lipinski definition) is 0. The number of fused-ring (bicyclic) bond motifs is 1. The summed E-state index contributed by atoms with van der Waals surface area (Å²) in [6, 6.07) is 5.60. The third-order valence-corrected chi connectivity index (χ3v) is 3.78. The van der Waals surface area contributed by atoms with Crippen LogP contribution < -0.4 is 0 Å². The number of carbonyl (C=O) groups excluding carboxylic acids is 2. The van der Waals surface area contributed by atoms with E-state index >= 15 is 0 Å². The maximum atomic E-state index is 12.0. The molecule has 25 heavy (non-hydrogen) atoms. The van der Waals surface area contributed by atoms with Gasteiger partial charge in [0, 0.05) is 30.3 Å². The second-order valence-corrected chi connectivity index (χ2v) is 5.62. The largest absolute Gasteiger partial charge is 0.465 e. The van der Waals surface area contributed by atoms with E-state index in [1.54, 1.807) is 19.3 Å². The first-order valence-corrected chi connectivity index (χ1v) is 7.95. The van der Waals surface area contributed by atoms with Crippen LogP contribution in [0.3, 0.4) is 0 Å². The number of ether oxygens (including phenoxy) is 1. The van der Waals surface area contributed by atoms with Crippen LogP contribution in [0.4, 0.5) is 0 Å². The predicted molar refractivity (Wildman–Crippen MR) is 92.1 cm³/mol. The molecule has 7 nitrogen and oxygen atoms in total. The predicted octanol–water partition coefficient (Wildman–Crippen LogP) is 2.57. The topological polar surface area (TPSA) is 87.0 Å². The van der Waals surface area contributed by atoms with Gasteiger partial charge in [-0.05, 0) is 31.5 Å². The van der Waals surface area contributed by atoms with Crippen molar-refractivity contribution in [2.75, 3.05) is 6.61 Å². The normalized spacial score (nSPS) is 10.8. The van der Waals surface area contributed by atoms with Crippen molar-refractivity contribution >= 4 is 22.7 Å². The van der Waals surface area contributed by atoms with E-state index < -0.39 is 5.97 Å². The lowest BCUT2D eigenvalue weighted by Crippen LogP contribution is -2.14. The fourth-order valence-corrected chi connectivity index (χ4v) is 2.61. The molecule has 2 heterocycles. The standard InChI is InChI=1S/C18H18N4O3/c1-4-25-17(24)10-22-16-6-5-13(14-8-19-12(3)20-9-14)7-15(16)18(21-22)11(2)23/h5-9H,4,10H2,1-3H3. The molecule has 0 unspecified atom stereocenters. The molecule has 0 spiro atoms. The number of carbonyl (C=O) groups is 2. The van der Waals surface area contributed by atoms with E-state index in [1.165, 1.54) is 11.6 Å². The van der Waals surface area contributed by atoms with Crippen molar-refractivity contribution in [2.24, 2.45) is 0 Å². The lowest BCUT2D eigenvalue weighted by Gasteiger charge is -2.05. The van der Waals surface area contributed by atoms with Crippen molar-refractivity contribution in [1.82, 2.24) is 19.7 Å². The number of esters is 1. The molecule has 0 aliphatic heterocycles. The van der Waals surface area contributed by atoms with Crippen molar-refractivity contribution in [1.29, 1.82) is 0 Å². The van der Waals surface area contributed by atoms with Crippen molar-refractivity contribution in [3.05, 3.63) is 42.1 Å². The average molecular weight is 338 g/mol. The zero-order valence-electron chi connectivity index (χ0n) is 14.3. The van der Waals surface area contributed by atoms with E-state index in [1.807, 2.05) is 25.1 Å². The molecule has 1 aromatic carbocycles. The Balaban J connectivity index is 2.08. The Bertz CT molecular complexity index is 945. The minimum atomic E-state index is -0.391. The van der Waals surface area contributed by atoms with E-state index in [0.29, 0.717) is 29.0 Å². The van der Waals surface area contributed by atoms with Crippen LogP contribution in [0.5, 0.6) is 0 Å². The highest BCUT2D eigenvalue weighted by atomic mass is 16.5. The summed E-state index contributed by atoms with van der Waals surface area (Å²) in [6.07, 6.45) is 3.47. The van der Waals surface area contributed by atoms with Crippen molar-refractivity contribution < 1.29 is 14.3 Å². The molecule has 0 aliphatic rings. The second-order valence-electron chi connectivity index (χ2n) is 5.62. The molecule has 0 atom stereocenters. The van der Waals surface area contributed by atoms with E-state index in [2.05, 4.69) is 15.1 Å². The van der Waals surface area contributed by atoms with Crippen molar-refractivity contribution in [3.8, 4) is 11.1 Å². The maximum absolute atomic E-state index is 12.0. The number of hydrogen-bond acceptors (Lipinski definition) is 6. The number of rotatable bonds is 5. The Labute approximate surface area is 144 Å². The molecule has 3 rings (SSSR count). The summed E-state index contributed by atoms with van der Waals surface area (Å²) in [4.78, 5) is 32.1. The lowest BCUT2D eigenvalue weighted by molar-refractivity contribution is -0.143. The molecule has 0 radical (unpaired) electrons. The quantitative estimate of drug-likeness (QED) is 0.525. The highest BCUT2D eigenvalue weighted by Gasteiger charge is 2.17. The molecule has 0 amide bonds. The summed E-state index contributed by atoms with van der Waals surface area (Å²) in [5.41, 5.74) is 2.76. The number of benzene rings is 1. The van der Waals surface area contributed by atoms with Gasteiger partial charge in [-0.1, -0.05) is 6.07 Å². The molecular weight excluding hydrogens is 320 g/mol. The first-order chi connectivity index (χ1) is 12.0. The van der Waals surface area contributed by atoms with Crippen LogP contribution in [-0.2, 0) is 16.1 Å². The summed E-state index contributed by atoms with van der Waals surface area (Å²) in [5.74, 6) is 0.138. The summed E-state index contributed by atoms with van der Waals surface area (Å²) in [7, 11) is 0. The first kappa shape index (κ1) is 16.8. The Kier molecular flexibility index (Phi) is 4.56. The van der Waals surface area contributed by atoms with Crippen LogP contribution in [0.25, 0.3) is 22.0 Å². The maximum Gasteiger partial charge on any atom is 0.327 e. The molecule has 7 heteroatoms. The van der Waals surface area contributed by atoms with Gasteiger partial charge in [-0.15, -0.1) is 0 Å². The molecule has 0 saturated carbocycles. The molecule has 3 aromatic rings. The molecular formula is C18H18N4O3. The third kappa shape index (κ3) is 3.40. The van der Waals surface area contributed by atoms with Crippen LogP contribution in [0.1, 0.15) is 30.2 Å². The molecule has 0 N–H and O–H groups in total. The zero-order chi connectivity index (χ0) is 18.0. The average Bonchev–Trinajstić information content (AvgIpc) is 2.94. The lowest BCUT2D eigenvalue weighted by atomic mass is 10.0. The minimum Gasteiger partial charge on any atom is -0.465 e.